The third-order valence-corrected chi connectivity index (χ3v) is 3.48. The number of hydrogen-bond acceptors (Lipinski definition) is 5. The van der Waals surface area contributed by atoms with Gasteiger partial charge in [-0.2, -0.15) is 5.10 Å². The van der Waals surface area contributed by atoms with Gasteiger partial charge >= 0.3 is 5.97 Å². The third kappa shape index (κ3) is 2.62. The molecule has 18 heavy (non-hydrogen) atoms. The van der Waals surface area contributed by atoms with Gasteiger partial charge in [-0.15, -0.1) is 11.3 Å². The summed E-state index contributed by atoms with van der Waals surface area (Å²) < 4.78 is 1.17. The molecule has 0 aliphatic carbocycles. The zero-order valence-corrected chi connectivity index (χ0v) is 10.5. The molecule has 0 saturated heterocycles. The minimum absolute atomic E-state index is 0.129. The summed E-state index contributed by atoms with van der Waals surface area (Å²) in [5.74, 6) is -1.14. The van der Waals surface area contributed by atoms with Crippen molar-refractivity contribution in [2.75, 3.05) is 0 Å². The van der Waals surface area contributed by atoms with E-state index in [9.17, 15) is 9.59 Å². The smallest absolute Gasteiger partial charge is 0.356 e. The van der Waals surface area contributed by atoms with E-state index in [-0.39, 0.29) is 11.3 Å². The average molecular weight is 265 g/mol. The van der Waals surface area contributed by atoms with Crippen LogP contribution < -0.4 is 5.56 Å². The van der Waals surface area contributed by atoms with Crippen LogP contribution in [0.1, 0.15) is 21.1 Å². The number of aromatic carboxylic acids is 1. The van der Waals surface area contributed by atoms with E-state index in [0.29, 0.717) is 13.0 Å². The predicted octanol–water partition coefficient (Wildman–Crippen LogP) is 0.949. The first-order valence-corrected chi connectivity index (χ1v) is 6.16. The highest BCUT2D eigenvalue weighted by Gasteiger charge is 2.08. The summed E-state index contributed by atoms with van der Waals surface area (Å²) in [5, 5.41) is 12.6. The monoisotopic (exact) mass is 265 g/mol. The van der Waals surface area contributed by atoms with Crippen molar-refractivity contribution in [3.05, 3.63) is 44.3 Å². The van der Waals surface area contributed by atoms with Crippen LogP contribution in [0.2, 0.25) is 0 Å². The minimum atomic E-state index is -1.14. The van der Waals surface area contributed by atoms with Gasteiger partial charge < -0.3 is 5.11 Å². The Kier molecular flexibility index (Phi) is 3.52. The van der Waals surface area contributed by atoms with Crippen molar-refractivity contribution in [3.63, 3.8) is 0 Å². The molecule has 0 spiro atoms. The van der Waals surface area contributed by atoms with Gasteiger partial charge in [0.25, 0.3) is 5.56 Å². The van der Waals surface area contributed by atoms with Crippen LogP contribution in [-0.2, 0) is 13.0 Å². The average Bonchev–Trinajstić information content (AvgIpc) is 2.73. The Morgan fingerprint density at radius 1 is 1.50 bits per heavy atom. The molecular weight excluding hydrogens is 254 g/mol. The summed E-state index contributed by atoms with van der Waals surface area (Å²) in [6, 6.07) is 2.43. The van der Waals surface area contributed by atoms with Crippen LogP contribution in [0.5, 0.6) is 0 Å². The van der Waals surface area contributed by atoms with E-state index < -0.39 is 5.97 Å². The zero-order chi connectivity index (χ0) is 13.1. The molecule has 0 aliphatic heterocycles. The first kappa shape index (κ1) is 12.4. The Morgan fingerprint density at radius 3 is 2.89 bits per heavy atom. The molecule has 2 aromatic heterocycles. The van der Waals surface area contributed by atoms with Gasteiger partial charge in [0.15, 0.2) is 5.69 Å². The van der Waals surface area contributed by atoms with Gasteiger partial charge in [0, 0.05) is 23.9 Å². The first-order valence-electron chi connectivity index (χ1n) is 5.28. The van der Waals surface area contributed by atoms with Crippen LogP contribution in [0.25, 0.3) is 0 Å². The fourth-order valence-electron chi connectivity index (χ4n) is 1.50. The number of thiazole rings is 1. The van der Waals surface area contributed by atoms with E-state index >= 15 is 0 Å². The molecule has 0 bridgehead atoms. The number of carbonyl (C=O) groups is 1. The molecule has 1 N–H and O–H groups in total. The molecule has 0 radical (unpaired) electrons. The fourth-order valence-corrected chi connectivity index (χ4v) is 2.27. The largest absolute Gasteiger partial charge is 0.476 e. The maximum atomic E-state index is 11.5. The summed E-state index contributed by atoms with van der Waals surface area (Å²) in [5.41, 5.74) is 2.24. The lowest BCUT2D eigenvalue weighted by Gasteiger charge is -2.04. The number of aromatic nitrogens is 3. The van der Waals surface area contributed by atoms with Gasteiger partial charge in [0.05, 0.1) is 11.2 Å². The van der Waals surface area contributed by atoms with Crippen molar-refractivity contribution < 1.29 is 9.90 Å². The Balaban J connectivity index is 2.19. The Labute approximate surface area is 107 Å². The number of carboxylic acid groups (broad SMARTS) is 1. The number of hydrogen-bond donors (Lipinski definition) is 1. The molecule has 6 nitrogen and oxygen atoms in total. The molecule has 94 valence electrons. The van der Waals surface area contributed by atoms with E-state index in [1.807, 2.05) is 6.92 Å². The van der Waals surface area contributed by atoms with Crippen LogP contribution in [0.15, 0.2) is 22.4 Å². The molecule has 2 rings (SSSR count). The molecule has 0 amide bonds. The Bertz CT molecular complexity index is 632. The lowest BCUT2D eigenvalue weighted by atomic mass is 10.3. The fraction of sp³-hybridized carbons (Fsp3) is 0.273. The van der Waals surface area contributed by atoms with Crippen LogP contribution in [-0.4, -0.2) is 25.8 Å². The molecular formula is C11H11N3O3S. The van der Waals surface area contributed by atoms with Crippen molar-refractivity contribution in [1.29, 1.82) is 0 Å². The van der Waals surface area contributed by atoms with E-state index in [2.05, 4.69) is 10.1 Å². The van der Waals surface area contributed by atoms with E-state index in [0.717, 1.165) is 10.6 Å². The second-order valence-electron chi connectivity index (χ2n) is 3.70. The highest BCUT2D eigenvalue weighted by atomic mass is 32.1. The molecule has 2 aromatic rings. The van der Waals surface area contributed by atoms with Crippen molar-refractivity contribution >= 4 is 17.3 Å². The lowest BCUT2D eigenvalue weighted by molar-refractivity contribution is 0.0687. The summed E-state index contributed by atoms with van der Waals surface area (Å²) in [6.45, 7) is 2.25. The van der Waals surface area contributed by atoms with E-state index in [1.165, 1.54) is 28.2 Å². The SMILES string of the molecule is Cc1ncsc1CCn1nc(C(=O)O)ccc1=O. The molecule has 0 atom stereocenters. The van der Waals surface area contributed by atoms with E-state index in [4.69, 9.17) is 5.11 Å². The number of nitrogens with zero attached hydrogens (tertiary/aromatic N) is 3. The molecule has 0 saturated carbocycles. The number of aryl methyl sites for hydroxylation is 3. The van der Waals surface area contributed by atoms with E-state index in [1.54, 1.807) is 5.51 Å². The highest BCUT2D eigenvalue weighted by Crippen LogP contribution is 2.12. The van der Waals surface area contributed by atoms with Crippen molar-refractivity contribution in [1.82, 2.24) is 14.8 Å². The topological polar surface area (TPSA) is 85.1 Å². The van der Waals surface area contributed by atoms with Gasteiger partial charge in [-0.05, 0) is 13.0 Å². The molecule has 0 aromatic carbocycles. The predicted molar refractivity (Wildman–Crippen MR) is 66.0 cm³/mol. The number of rotatable bonds is 4. The minimum Gasteiger partial charge on any atom is -0.476 e. The van der Waals surface area contributed by atoms with Crippen molar-refractivity contribution in [2.24, 2.45) is 0 Å². The third-order valence-electron chi connectivity index (χ3n) is 2.48. The van der Waals surface area contributed by atoms with Crippen LogP contribution >= 0.6 is 11.3 Å². The number of carboxylic acids is 1. The van der Waals surface area contributed by atoms with Crippen LogP contribution in [0.3, 0.4) is 0 Å². The quantitative estimate of drug-likeness (QED) is 0.889. The summed E-state index contributed by atoms with van der Waals surface area (Å²) in [6.07, 6.45) is 0.618. The summed E-state index contributed by atoms with van der Waals surface area (Å²) in [7, 11) is 0. The first-order chi connectivity index (χ1) is 8.58. The summed E-state index contributed by atoms with van der Waals surface area (Å²) in [4.78, 5) is 27.5. The Morgan fingerprint density at radius 2 is 2.28 bits per heavy atom. The second-order valence-corrected chi connectivity index (χ2v) is 4.64. The van der Waals surface area contributed by atoms with Crippen LogP contribution in [0, 0.1) is 6.92 Å². The van der Waals surface area contributed by atoms with Gasteiger partial charge in [0.1, 0.15) is 0 Å². The van der Waals surface area contributed by atoms with Crippen molar-refractivity contribution in [2.45, 2.75) is 19.9 Å². The van der Waals surface area contributed by atoms with Crippen molar-refractivity contribution in [3.8, 4) is 0 Å². The van der Waals surface area contributed by atoms with Gasteiger partial charge in [-0.25, -0.2) is 14.5 Å². The maximum Gasteiger partial charge on any atom is 0.356 e. The Hall–Kier alpha value is -2.02. The molecule has 2 heterocycles. The molecule has 0 unspecified atom stereocenters. The lowest BCUT2D eigenvalue weighted by Crippen LogP contribution is -2.25. The molecule has 7 heteroatoms. The van der Waals surface area contributed by atoms with Gasteiger partial charge in [0.2, 0.25) is 0 Å². The molecule has 0 aliphatic rings. The maximum absolute atomic E-state index is 11.5. The van der Waals surface area contributed by atoms with Gasteiger partial charge in [-0.3, -0.25) is 4.79 Å². The summed E-state index contributed by atoms with van der Waals surface area (Å²) >= 11 is 1.51. The highest BCUT2D eigenvalue weighted by molar-refractivity contribution is 7.09. The van der Waals surface area contributed by atoms with Crippen LogP contribution in [0.4, 0.5) is 0 Å². The zero-order valence-electron chi connectivity index (χ0n) is 9.66. The molecule has 0 fully saturated rings. The second kappa shape index (κ2) is 5.09. The normalized spacial score (nSPS) is 10.5. The standard InChI is InChI=1S/C11H11N3O3S/c1-7-9(18-6-12-7)4-5-14-10(15)3-2-8(13-14)11(16)17/h2-3,6H,4-5H2,1H3,(H,16,17). The van der Waals surface area contributed by atoms with Gasteiger partial charge in [-0.1, -0.05) is 0 Å².